The Balaban J connectivity index is 1.87. The molecule has 2 aliphatic rings. The summed E-state index contributed by atoms with van der Waals surface area (Å²) in [6.45, 7) is 0. The van der Waals surface area contributed by atoms with Crippen LogP contribution >= 0.6 is 0 Å². The van der Waals surface area contributed by atoms with Gasteiger partial charge in [0.15, 0.2) is 5.78 Å². The third kappa shape index (κ3) is 1.68. The van der Waals surface area contributed by atoms with Crippen molar-refractivity contribution in [3.05, 3.63) is 34.9 Å². The van der Waals surface area contributed by atoms with E-state index in [-0.39, 0.29) is 0 Å². The average Bonchev–Trinajstić information content (AvgIpc) is 2.26. The van der Waals surface area contributed by atoms with E-state index in [4.69, 9.17) is 0 Å². The molecule has 0 atom stereocenters. The van der Waals surface area contributed by atoms with E-state index >= 15 is 0 Å². The molecule has 1 heteroatoms. The lowest BCUT2D eigenvalue weighted by Gasteiger charge is -2.24. The monoisotopic (exact) mass is 214 g/mol. The molecule has 0 spiro atoms. The molecule has 84 valence electrons. The van der Waals surface area contributed by atoms with Crippen LogP contribution in [-0.2, 0) is 12.8 Å². The Bertz CT molecular complexity index is 415. The molecule has 16 heavy (non-hydrogen) atoms. The van der Waals surface area contributed by atoms with Crippen molar-refractivity contribution < 1.29 is 4.79 Å². The number of carbonyl (C=O) groups is 1. The maximum absolute atomic E-state index is 12.1. The first kappa shape index (κ1) is 10.1. The third-order valence-electron chi connectivity index (χ3n) is 4.11. The first-order valence-corrected chi connectivity index (χ1v) is 6.50. The van der Waals surface area contributed by atoms with Crippen molar-refractivity contribution in [2.45, 2.75) is 44.9 Å². The predicted octanol–water partition coefficient (Wildman–Crippen LogP) is 3.55. The van der Waals surface area contributed by atoms with E-state index in [1.54, 1.807) is 0 Å². The van der Waals surface area contributed by atoms with Crippen LogP contribution in [0.4, 0.5) is 0 Å². The van der Waals surface area contributed by atoms with E-state index in [0.29, 0.717) is 11.7 Å². The third-order valence-corrected chi connectivity index (χ3v) is 4.11. The topological polar surface area (TPSA) is 17.1 Å². The van der Waals surface area contributed by atoms with Gasteiger partial charge < -0.3 is 0 Å². The number of benzene rings is 1. The molecule has 0 aliphatic heterocycles. The van der Waals surface area contributed by atoms with Crippen LogP contribution < -0.4 is 0 Å². The number of aryl methyl sites for hydroxylation is 2. The van der Waals surface area contributed by atoms with Gasteiger partial charge in [0.1, 0.15) is 0 Å². The van der Waals surface area contributed by atoms with Crippen molar-refractivity contribution in [3.8, 4) is 0 Å². The minimum atomic E-state index is 0.335. The van der Waals surface area contributed by atoms with Gasteiger partial charge in [0, 0.05) is 11.5 Å². The van der Waals surface area contributed by atoms with Gasteiger partial charge in [0.05, 0.1) is 0 Å². The van der Waals surface area contributed by atoms with Crippen LogP contribution in [0.1, 0.15) is 53.6 Å². The second-order valence-electron chi connectivity index (χ2n) is 5.18. The summed E-state index contributed by atoms with van der Waals surface area (Å²) in [5, 5.41) is 0. The fourth-order valence-electron chi connectivity index (χ4n) is 2.79. The maximum Gasteiger partial charge on any atom is 0.165 e. The summed E-state index contributed by atoms with van der Waals surface area (Å²) in [5.74, 6) is 0.723. The van der Waals surface area contributed by atoms with Gasteiger partial charge in [-0.1, -0.05) is 18.6 Å². The Morgan fingerprint density at radius 3 is 2.44 bits per heavy atom. The van der Waals surface area contributed by atoms with Gasteiger partial charge in [0.2, 0.25) is 0 Å². The average molecular weight is 214 g/mol. The molecule has 1 nitrogen and oxygen atoms in total. The molecule has 1 aromatic rings. The Kier molecular flexibility index (Phi) is 2.55. The molecule has 0 heterocycles. The zero-order valence-electron chi connectivity index (χ0n) is 9.67. The van der Waals surface area contributed by atoms with Gasteiger partial charge in [-0.05, 0) is 55.7 Å². The Morgan fingerprint density at radius 2 is 1.75 bits per heavy atom. The van der Waals surface area contributed by atoms with Gasteiger partial charge in [-0.15, -0.1) is 0 Å². The fraction of sp³-hybridized carbons (Fsp3) is 0.533. The fourth-order valence-corrected chi connectivity index (χ4v) is 2.79. The predicted molar refractivity (Wildman–Crippen MR) is 64.8 cm³/mol. The smallest absolute Gasteiger partial charge is 0.165 e. The lowest BCUT2D eigenvalue weighted by molar-refractivity contribution is 0.0855. The van der Waals surface area contributed by atoms with E-state index in [9.17, 15) is 4.79 Å². The maximum atomic E-state index is 12.1. The highest BCUT2D eigenvalue weighted by Gasteiger charge is 2.26. The number of hydrogen-bond acceptors (Lipinski definition) is 1. The highest BCUT2D eigenvalue weighted by molar-refractivity contribution is 5.98. The minimum absolute atomic E-state index is 0.335. The van der Waals surface area contributed by atoms with E-state index in [0.717, 1.165) is 18.4 Å². The molecule has 0 radical (unpaired) electrons. The number of rotatable bonds is 2. The normalized spacial score (nSPS) is 20.0. The molecule has 0 aromatic heterocycles. The second-order valence-corrected chi connectivity index (χ2v) is 5.18. The van der Waals surface area contributed by atoms with Crippen LogP contribution in [0.15, 0.2) is 18.2 Å². The quantitative estimate of drug-likeness (QED) is 0.688. The largest absolute Gasteiger partial charge is 0.294 e. The SMILES string of the molecule is O=C(c1ccc2c(c1)CCCC2)C1CCC1. The van der Waals surface area contributed by atoms with Crippen LogP contribution in [0.2, 0.25) is 0 Å². The molecular formula is C15H18O. The summed E-state index contributed by atoms with van der Waals surface area (Å²) in [6, 6.07) is 6.39. The highest BCUT2D eigenvalue weighted by Crippen LogP contribution is 2.31. The lowest BCUT2D eigenvalue weighted by Crippen LogP contribution is -2.22. The Labute approximate surface area is 96.9 Å². The zero-order chi connectivity index (χ0) is 11.0. The number of fused-ring (bicyclic) bond motifs is 1. The molecule has 0 N–H and O–H groups in total. The first-order chi connectivity index (χ1) is 7.84. The van der Waals surface area contributed by atoms with Crippen molar-refractivity contribution >= 4 is 5.78 Å². The molecule has 1 saturated carbocycles. The zero-order valence-corrected chi connectivity index (χ0v) is 9.67. The number of carbonyl (C=O) groups excluding carboxylic acids is 1. The standard InChI is InChI=1S/C15H18O/c16-15(12-6-3-7-12)14-9-8-11-4-1-2-5-13(11)10-14/h8-10,12H,1-7H2. The molecule has 3 rings (SSSR count). The van der Waals surface area contributed by atoms with Crippen molar-refractivity contribution in [1.29, 1.82) is 0 Å². The summed E-state index contributed by atoms with van der Waals surface area (Å²) in [5.41, 5.74) is 3.86. The van der Waals surface area contributed by atoms with E-state index in [1.807, 2.05) is 6.07 Å². The van der Waals surface area contributed by atoms with Crippen molar-refractivity contribution in [2.24, 2.45) is 5.92 Å². The van der Waals surface area contributed by atoms with E-state index < -0.39 is 0 Å². The summed E-state index contributed by atoms with van der Waals surface area (Å²) in [6.07, 6.45) is 8.42. The van der Waals surface area contributed by atoms with Crippen molar-refractivity contribution in [2.75, 3.05) is 0 Å². The molecule has 1 fully saturated rings. The van der Waals surface area contributed by atoms with Crippen LogP contribution in [0.25, 0.3) is 0 Å². The van der Waals surface area contributed by atoms with Crippen molar-refractivity contribution in [1.82, 2.24) is 0 Å². The summed E-state index contributed by atoms with van der Waals surface area (Å²) < 4.78 is 0. The van der Waals surface area contributed by atoms with Gasteiger partial charge in [-0.3, -0.25) is 4.79 Å². The molecule has 0 unspecified atom stereocenters. The number of Topliss-reactive ketones (excluding diaryl/α,β-unsaturated/α-hetero) is 1. The van der Waals surface area contributed by atoms with Crippen LogP contribution in [0.5, 0.6) is 0 Å². The molecule has 0 bridgehead atoms. The summed E-state index contributed by atoms with van der Waals surface area (Å²) in [4.78, 5) is 12.1. The molecule has 0 saturated heterocycles. The number of ketones is 1. The molecular weight excluding hydrogens is 196 g/mol. The Morgan fingerprint density at radius 1 is 1.00 bits per heavy atom. The van der Waals surface area contributed by atoms with Gasteiger partial charge >= 0.3 is 0 Å². The van der Waals surface area contributed by atoms with Gasteiger partial charge in [-0.25, -0.2) is 0 Å². The number of hydrogen-bond donors (Lipinski definition) is 0. The molecule has 1 aromatic carbocycles. The van der Waals surface area contributed by atoms with Crippen LogP contribution in [0, 0.1) is 5.92 Å². The van der Waals surface area contributed by atoms with Crippen LogP contribution in [0.3, 0.4) is 0 Å². The van der Waals surface area contributed by atoms with Gasteiger partial charge in [-0.2, -0.15) is 0 Å². The summed E-state index contributed by atoms with van der Waals surface area (Å²) >= 11 is 0. The Hall–Kier alpha value is -1.11. The minimum Gasteiger partial charge on any atom is -0.294 e. The summed E-state index contributed by atoms with van der Waals surface area (Å²) in [7, 11) is 0. The molecule has 0 amide bonds. The van der Waals surface area contributed by atoms with Crippen molar-refractivity contribution in [3.63, 3.8) is 0 Å². The van der Waals surface area contributed by atoms with E-state index in [2.05, 4.69) is 12.1 Å². The highest BCUT2D eigenvalue weighted by atomic mass is 16.1. The van der Waals surface area contributed by atoms with Crippen LogP contribution in [-0.4, -0.2) is 5.78 Å². The van der Waals surface area contributed by atoms with Gasteiger partial charge in [0.25, 0.3) is 0 Å². The lowest BCUT2D eigenvalue weighted by atomic mass is 9.79. The second kappa shape index (κ2) is 4.04. The van der Waals surface area contributed by atoms with E-state index in [1.165, 1.54) is 43.2 Å². The first-order valence-electron chi connectivity index (χ1n) is 6.50. The molecule has 2 aliphatic carbocycles.